The highest BCUT2D eigenvalue weighted by Gasteiger charge is 2.15. The van der Waals surface area contributed by atoms with Gasteiger partial charge in [-0.05, 0) is 51.5 Å². The molecule has 0 spiro atoms. The smallest absolute Gasteiger partial charge is 0.338 e. The number of hydrogen-bond donors (Lipinski definition) is 0. The fourth-order valence-corrected chi connectivity index (χ4v) is 2.62. The molecule has 0 bridgehead atoms. The van der Waals surface area contributed by atoms with Crippen molar-refractivity contribution in [1.82, 2.24) is 0 Å². The van der Waals surface area contributed by atoms with Crippen molar-refractivity contribution < 1.29 is 47.7 Å². The van der Waals surface area contributed by atoms with Crippen LogP contribution in [0.5, 0.6) is 28.7 Å². The number of benzene rings is 2. The van der Waals surface area contributed by atoms with Crippen LogP contribution in [-0.2, 0) is 24.0 Å². The van der Waals surface area contributed by atoms with Gasteiger partial charge >= 0.3 is 29.8 Å². The largest absolute Gasteiger partial charge is 0.423 e. The van der Waals surface area contributed by atoms with Gasteiger partial charge in [0.2, 0.25) is 0 Å². The predicted octanol–water partition coefficient (Wildman–Crippen LogP) is 5.23. The lowest BCUT2D eigenvalue weighted by Crippen LogP contribution is -2.11. The minimum Gasteiger partial charge on any atom is -0.423 e. The van der Waals surface area contributed by atoms with E-state index in [-0.39, 0.29) is 51.0 Å². The van der Waals surface area contributed by atoms with E-state index in [9.17, 15) is 24.0 Å². The van der Waals surface area contributed by atoms with Gasteiger partial charge in [0.05, 0.1) is 0 Å². The quantitative estimate of drug-likeness (QED) is 0.204. The third-order valence-electron chi connectivity index (χ3n) is 4.62. The lowest BCUT2D eigenvalue weighted by Gasteiger charge is -2.11. The first kappa shape index (κ1) is 31.7. The summed E-state index contributed by atoms with van der Waals surface area (Å²) >= 11 is 0. The summed E-state index contributed by atoms with van der Waals surface area (Å²) in [6.07, 6.45) is 2.35. The Labute approximate surface area is 236 Å². The number of carbonyl (C=O) groups is 5. The van der Waals surface area contributed by atoms with Gasteiger partial charge in [-0.3, -0.25) is 0 Å². The van der Waals surface area contributed by atoms with Gasteiger partial charge in [-0.2, -0.15) is 0 Å². The minimum atomic E-state index is -0.879. The normalized spacial score (nSPS) is 10.2. The molecule has 0 aliphatic carbocycles. The summed E-state index contributed by atoms with van der Waals surface area (Å²) in [5.41, 5.74) is 0.804. The van der Waals surface area contributed by atoms with Crippen LogP contribution in [0.4, 0.5) is 0 Å². The fraction of sp³-hybridized carbons (Fsp3) is 0.129. The van der Waals surface area contributed by atoms with Crippen LogP contribution < -0.4 is 23.7 Å². The zero-order chi connectivity index (χ0) is 30.9. The number of hydrogen-bond acceptors (Lipinski definition) is 10. The molecule has 0 N–H and O–H groups in total. The standard InChI is InChI=1S/C31H28O10/c1-17(2)28(33)38-22-11-21(12-23(13-22)39-29(34)18(3)4)9-10-27(32)37-24-14-25(40-30(35)19(5)6)16-26(15-24)41-31(36)20(7)8/h9-16H,1,3,5,7H2,2,4,6,8H3/b10-9+. The molecule has 0 aromatic heterocycles. The van der Waals surface area contributed by atoms with Crippen LogP contribution >= 0.6 is 0 Å². The average Bonchev–Trinajstić information content (AvgIpc) is 2.86. The monoisotopic (exact) mass is 560 g/mol. The second-order valence-electron chi connectivity index (χ2n) is 8.81. The molecule has 2 rings (SSSR count). The van der Waals surface area contributed by atoms with Crippen molar-refractivity contribution in [1.29, 1.82) is 0 Å². The molecule has 0 radical (unpaired) electrons. The van der Waals surface area contributed by atoms with Crippen molar-refractivity contribution in [3.63, 3.8) is 0 Å². The number of carbonyl (C=O) groups excluding carboxylic acids is 5. The Hall–Kier alpha value is -5.51. The molecule has 10 heteroatoms. The molecule has 41 heavy (non-hydrogen) atoms. The Morgan fingerprint density at radius 2 is 0.756 bits per heavy atom. The Balaban J connectivity index is 2.35. The minimum absolute atomic E-state index is 0.0223. The highest BCUT2D eigenvalue weighted by Crippen LogP contribution is 2.30. The summed E-state index contributed by atoms with van der Waals surface area (Å²) in [7, 11) is 0. The molecule has 0 aliphatic rings. The van der Waals surface area contributed by atoms with E-state index >= 15 is 0 Å². The van der Waals surface area contributed by atoms with Crippen molar-refractivity contribution in [2.75, 3.05) is 0 Å². The molecule has 0 aliphatic heterocycles. The molecular formula is C31H28O10. The molecule has 0 saturated carbocycles. The Kier molecular flexibility index (Phi) is 10.9. The molecule has 2 aromatic carbocycles. The molecule has 0 heterocycles. The molecule has 0 atom stereocenters. The molecule has 212 valence electrons. The van der Waals surface area contributed by atoms with Gasteiger partial charge in [-0.25, -0.2) is 24.0 Å². The lowest BCUT2D eigenvalue weighted by atomic mass is 10.2. The number of rotatable bonds is 11. The zero-order valence-electron chi connectivity index (χ0n) is 23.0. The second-order valence-corrected chi connectivity index (χ2v) is 8.81. The van der Waals surface area contributed by atoms with Crippen molar-refractivity contribution >= 4 is 35.9 Å². The molecule has 10 nitrogen and oxygen atoms in total. The van der Waals surface area contributed by atoms with E-state index < -0.39 is 29.8 Å². The summed E-state index contributed by atoms with van der Waals surface area (Å²) in [5, 5.41) is 0. The fourth-order valence-electron chi connectivity index (χ4n) is 2.62. The van der Waals surface area contributed by atoms with Crippen LogP contribution in [0.1, 0.15) is 33.3 Å². The van der Waals surface area contributed by atoms with E-state index in [0.29, 0.717) is 5.56 Å². The molecule has 0 saturated heterocycles. The molecule has 0 amide bonds. The third kappa shape index (κ3) is 10.3. The van der Waals surface area contributed by atoms with E-state index in [1.54, 1.807) is 0 Å². The summed E-state index contributed by atoms with van der Waals surface area (Å²) in [6.45, 7) is 19.8. The van der Waals surface area contributed by atoms with E-state index in [1.807, 2.05) is 0 Å². The van der Waals surface area contributed by atoms with Gasteiger partial charge < -0.3 is 23.7 Å². The highest BCUT2D eigenvalue weighted by molar-refractivity contribution is 5.92. The molecule has 2 aromatic rings. The first-order valence-electron chi connectivity index (χ1n) is 11.9. The van der Waals surface area contributed by atoms with Crippen LogP contribution in [0.2, 0.25) is 0 Å². The first-order valence-corrected chi connectivity index (χ1v) is 11.9. The van der Waals surface area contributed by atoms with Crippen molar-refractivity contribution in [3.05, 3.63) is 96.6 Å². The van der Waals surface area contributed by atoms with Crippen LogP contribution in [0.15, 0.2) is 91.1 Å². The van der Waals surface area contributed by atoms with Gasteiger partial charge in [-0.1, -0.05) is 26.3 Å². The van der Waals surface area contributed by atoms with Crippen LogP contribution in [0.3, 0.4) is 0 Å². The van der Waals surface area contributed by atoms with Crippen LogP contribution in [0, 0.1) is 0 Å². The summed E-state index contributed by atoms with van der Waals surface area (Å²) in [4.78, 5) is 60.6. The van der Waals surface area contributed by atoms with Crippen LogP contribution in [0.25, 0.3) is 6.08 Å². The summed E-state index contributed by atoms with van der Waals surface area (Å²) in [6, 6.07) is 7.85. The first-order chi connectivity index (χ1) is 19.1. The van der Waals surface area contributed by atoms with E-state index in [0.717, 1.165) is 6.08 Å². The predicted molar refractivity (Wildman–Crippen MR) is 149 cm³/mol. The summed E-state index contributed by atoms with van der Waals surface area (Å²) in [5.74, 6) is -4.02. The number of ether oxygens (including phenoxy) is 5. The van der Waals surface area contributed by atoms with E-state index in [4.69, 9.17) is 23.7 Å². The molecular weight excluding hydrogens is 532 g/mol. The maximum absolute atomic E-state index is 12.6. The zero-order valence-corrected chi connectivity index (χ0v) is 23.0. The summed E-state index contributed by atoms with van der Waals surface area (Å²) < 4.78 is 26.1. The lowest BCUT2D eigenvalue weighted by molar-refractivity contribution is -0.131. The average molecular weight is 561 g/mol. The van der Waals surface area contributed by atoms with Crippen molar-refractivity contribution in [2.45, 2.75) is 27.7 Å². The van der Waals surface area contributed by atoms with Crippen LogP contribution in [-0.4, -0.2) is 29.8 Å². The topological polar surface area (TPSA) is 132 Å². The van der Waals surface area contributed by atoms with Gasteiger partial charge in [0, 0.05) is 52.6 Å². The van der Waals surface area contributed by atoms with E-state index in [2.05, 4.69) is 26.3 Å². The highest BCUT2D eigenvalue weighted by atomic mass is 16.6. The SMILES string of the molecule is C=C(C)C(=O)Oc1cc(/C=C/C(=O)Oc2cc(OC(=O)C(=C)C)cc(OC(=O)C(=C)C)c2)cc(OC(=O)C(=C)C)c1. The van der Waals surface area contributed by atoms with Crippen molar-refractivity contribution in [2.24, 2.45) is 0 Å². The number of esters is 5. The Morgan fingerprint density at radius 1 is 0.488 bits per heavy atom. The third-order valence-corrected chi connectivity index (χ3v) is 4.62. The molecule has 0 unspecified atom stereocenters. The maximum atomic E-state index is 12.6. The maximum Gasteiger partial charge on any atom is 0.338 e. The van der Waals surface area contributed by atoms with Gasteiger partial charge in [0.25, 0.3) is 0 Å². The van der Waals surface area contributed by atoms with Gasteiger partial charge in [0.15, 0.2) is 0 Å². The van der Waals surface area contributed by atoms with Gasteiger partial charge in [-0.15, -0.1) is 0 Å². The Bertz CT molecular complexity index is 1410. The Morgan fingerprint density at radius 3 is 1.05 bits per heavy atom. The van der Waals surface area contributed by atoms with E-state index in [1.165, 1.54) is 70.2 Å². The second kappa shape index (κ2) is 14.0. The molecule has 0 fully saturated rings. The van der Waals surface area contributed by atoms with Crippen molar-refractivity contribution in [3.8, 4) is 28.7 Å². The van der Waals surface area contributed by atoms with Gasteiger partial charge in [0.1, 0.15) is 28.7 Å².